The third-order valence-electron chi connectivity index (χ3n) is 3.53. The zero-order valence-corrected chi connectivity index (χ0v) is 12.4. The molecule has 20 heavy (non-hydrogen) atoms. The minimum atomic E-state index is -3.33. The van der Waals surface area contributed by atoms with Crippen LogP contribution >= 0.6 is 0 Å². The Kier molecular flexibility index (Phi) is 5.12. The zero-order chi connectivity index (χ0) is 14.6. The van der Waals surface area contributed by atoms with Gasteiger partial charge in [-0.05, 0) is 42.9 Å². The van der Waals surface area contributed by atoms with Crippen LogP contribution in [0.4, 0.5) is 4.39 Å². The molecule has 1 N–H and O–H groups in total. The number of benzene rings is 1. The minimum absolute atomic E-state index is 0.116. The van der Waals surface area contributed by atoms with Gasteiger partial charge in [0.2, 0.25) is 10.0 Å². The van der Waals surface area contributed by atoms with Crippen LogP contribution in [-0.2, 0) is 21.3 Å². The standard InChI is InChI=1S/C14H20FNO3S/c1-11-2-3-13(8-14(11)15)9-16-20(17,18)10-12-4-6-19-7-5-12/h2-3,8,12,16H,4-7,9-10H2,1H3. The van der Waals surface area contributed by atoms with Crippen LogP contribution in [0.3, 0.4) is 0 Å². The lowest BCUT2D eigenvalue weighted by Gasteiger charge is -2.21. The molecule has 0 spiro atoms. The molecule has 0 bridgehead atoms. The van der Waals surface area contributed by atoms with E-state index in [0.717, 1.165) is 12.8 Å². The number of sulfonamides is 1. The molecule has 1 aliphatic rings. The van der Waals surface area contributed by atoms with Gasteiger partial charge in [0.15, 0.2) is 0 Å². The Balaban J connectivity index is 1.89. The van der Waals surface area contributed by atoms with Crippen molar-refractivity contribution in [3.8, 4) is 0 Å². The van der Waals surface area contributed by atoms with Crippen molar-refractivity contribution in [1.29, 1.82) is 0 Å². The average molecular weight is 301 g/mol. The van der Waals surface area contributed by atoms with Crippen LogP contribution in [0.1, 0.15) is 24.0 Å². The Morgan fingerprint density at radius 1 is 1.35 bits per heavy atom. The second-order valence-electron chi connectivity index (χ2n) is 5.24. The van der Waals surface area contributed by atoms with Crippen LogP contribution in [0.25, 0.3) is 0 Å². The van der Waals surface area contributed by atoms with Crippen LogP contribution in [0.15, 0.2) is 18.2 Å². The highest BCUT2D eigenvalue weighted by Crippen LogP contribution is 2.16. The topological polar surface area (TPSA) is 55.4 Å². The first-order valence-corrected chi connectivity index (χ1v) is 8.41. The van der Waals surface area contributed by atoms with Crippen molar-refractivity contribution in [2.45, 2.75) is 26.3 Å². The van der Waals surface area contributed by atoms with Gasteiger partial charge >= 0.3 is 0 Å². The van der Waals surface area contributed by atoms with Gasteiger partial charge < -0.3 is 4.74 Å². The first-order chi connectivity index (χ1) is 9.46. The molecular formula is C14H20FNO3S. The summed E-state index contributed by atoms with van der Waals surface area (Å²) in [4.78, 5) is 0. The maximum Gasteiger partial charge on any atom is 0.212 e. The SMILES string of the molecule is Cc1ccc(CNS(=O)(=O)CC2CCOCC2)cc1F. The average Bonchev–Trinajstić information content (AvgIpc) is 2.41. The van der Waals surface area contributed by atoms with Crippen molar-refractivity contribution < 1.29 is 17.5 Å². The first kappa shape index (κ1) is 15.4. The van der Waals surface area contributed by atoms with Gasteiger partial charge in [-0.3, -0.25) is 0 Å². The van der Waals surface area contributed by atoms with E-state index in [9.17, 15) is 12.8 Å². The van der Waals surface area contributed by atoms with E-state index in [1.54, 1.807) is 19.1 Å². The summed E-state index contributed by atoms with van der Waals surface area (Å²) in [6, 6.07) is 4.75. The molecule has 2 rings (SSSR count). The second kappa shape index (κ2) is 6.65. The van der Waals surface area contributed by atoms with Crippen molar-refractivity contribution in [2.75, 3.05) is 19.0 Å². The number of ether oxygens (including phenoxy) is 1. The van der Waals surface area contributed by atoms with E-state index >= 15 is 0 Å². The molecule has 0 radical (unpaired) electrons. The fourth-order valence-corrected chi connectivity index (χ4v) is 3.68. The summed E-state index contributed by atoms with van der Waals surface area (Å²) < 4.78 is 45.1. The zero-order valence-electron chi connectivity index (χ0n) is 11.6. The van der Waals surface area contributed by atoms with Gasteiger partial charge in [-0.25, -0.2) is 17.5 Å². The monoisotopic (exact) mass is 301 g/mol. The molecule has 0 aliphatic carbocycles. The van der Waals surface area contributed by atoms with Gasteiger partial charge in [0, 0.05) is 19.8 Å². The largest absolute Gasteiger partial charge is 0.381 e. The summed E-state index contributed by atoms with van der Waals surface area (Å²) in [5, 5.41) is 0. The molecule has 1 saturated heterocycles. The van der Waals surface area contributed by atoms with Crippen LogP contribution < -0.4 is 4.72 Å². The normalized spacial score (nSPS) is 17.3. The molecular weight excluding hydrogens is 281 g/mol. The number of aryl methyl sites for hydroxylation is 1. The number of halogens is 1. The molecule has 112 valence electrons. The highest BCUT2D eigenvalue weighted by molar-refractivity contribution is 7.89. The molecule has 6 heteroatoms. The van der Waals surface area contributed by atoms with E-state index in [1.807, 2.05) is 0 Å². The Labute approximate surface area is 119 Å². The maximum atomic E-state index is 13.4. The Hall–Kier alpha value is -0.980. The molecule has 1 aliphatic heterocycles. The number of hydrogen-bond donors (Lipinski definition) is 1. The molecule has 0 unspecified atom stereocenters. The van der Waals surface area contributed by atoms with Crippen LogP contribution in [-0.4, -0.2) is 27.4 Å². The fraction of sp³-hybridized carbons (Fsp3) is 0.571. The fourth-order valence-electron chi connectivity index (χ4n) is 2.22. The van der Waals surface area contributed by atoms with E-state index in [4.69, 9.17) is 4.74 Å². The smallest absolute Gasteiger partial charge is 0.212 e. The Morgan fingerprint density at radius 2 is 2.05 bits per heavy atom. The van der Waals surface area contributed by atoms with E-state index in [1.165, 1.54) is 6.07 Å². The van der Waals surface area contributed by atoms with Crippen molar-refractivity contribution in [3.05, 3.63) is 35.1 Å². The van der Waals surface area contributed by atoms with Crippen LogP contribution in [0, 0.1) is 18.7 Å². The molecule has 0 amide bonds. The number of nitrogens with one attached hydrogen (secondary N) is 1. The predicted molar refractivity (Wildman–Crippen MR) is 75.3 cm³/mol. The first-order valence-electron chi connectivity index (χ1n) is 6.76. The highest BCUT2D eigenvalue weighted by atomic mass is 32.2. The third kappa shape index (κ3) is 4.54. The summed E-state index contributed by atoms with van der Waals surface area (Å²) in [5.41, 5.74) is 1.18. The maximum absolute atomic E-state index is 13.4. The molecule has 1 aromatic rings. The van der Waals surface area contributed by atoms with Gasteiger partial charge in [-0.15, -0.1) is 0 Å². The van der Waals surface area contributed by atoms with Crippen LogP contribution in [0.2, 0.25) is 0 Å². The quantitative estimate of drug-likeness (QED) is 0.905. The van der Waals surface area contributed by atoms with Gasteiger partial charge in [-0.2, -0.15) is 0 Å². The minimum Gasteiger partial charge on any atom is -0.381 e. The molecule has 4 nitrogen and oxygen atoms in total. The van der Waals surface area contributed by atoms with Gasteiger partial charge in [0.05, 0.1) is 5.75 Å². The van der Waals surface area contributed by atoms with Gasteiger partial charge in [0.1, 0.15) is 5.82 Å². The summed E-state index contributed by atoms with van der Waals surface area (Å²) >= 11 is 0. The second-order valence-corrected chi connectivity index (χ2v) is 7.09. The van der Waals surface area contributed by atoms with Crippen LogP contribution in [0.5, 0.6) is 0 Å². The van der Waals surface area contributed by atoms with E-state index in [-0.39, 0.29) is 24.0 Å². The van der Waals surface area contributed by atoms with Crippen molar-refractivity contribution in [1.82, 2.24) is 4.72 Å². The third-order valence-corrected chi connectivity index (χ3v) is 5.02. The summed E-state index contributed by atoms with van der Waals surface area (Å²) in [6.45, 7) is 3.06. The summed E-state index contributed by atoms with van der Waals surface area (Å²) in [6.07, 6.45) is 1.56. The number of hydrogen-bond acceptors (Lipinski definition) is 3. The lowest BCUT2D eigenvalue weighted by Crippen LogP contribution is -2.32. The molecule has 1 fully saturated rings. The highest BCUT2D eigenvalue weighted by Gasteiger charge is 2.21. The molecule has 1 aromatic carbocycles. The Bertz CT molecular complexity index is 554. The van der Waals surface area contributed by atoms with Crippen molar-refractivity contribution >= 4 is 10.0 Å². The van der Waals surface area contributed by atoms with Gasteiger partial charge in [0.25, 0.3) is 0 Å². The molecule has 0 aromatic heterocycles. The Morgan fingerprint density at radius 3 is 2.70 bits per heavy atom. The molecule has 0 atom stereocenters. The van der Waals surface area contributed by atoms with E-state index in [0.29, 0.717) is 24.3 Å². The van der Waals surface area contributed by atoms with Crippen molar-refractivity contribution in [2.24, 2.45) is 5.92 Å². The summed E-state index contributed by atoms with van der Waals surface area (Å²) in [7, 11) is -3.33. The van der Waals surface area contributed by atoms with Gasteiger partial charge in [-0.1, -0.05) is 12.1 Å². The number of rotatable bonds is 5. The predicted octanol–water partition coefficient (Wildman–Crippen LogP) is 1.98. The van der Waals surface area contributed by atoms with Crippen molar-refractivity contribution in [3.63, 3.8) is 0 Å². The lowest BCUT2D eigenvalue weighted by molar-refractivity contribution is 0.0723. The molecule has 0 saturated carbocycles. The van der Waals surface area contributed by atoms with E-state index in [2.05, 4.69) is 4.72 Å². The lowest BCUT2D eigenvalue weighted by atomic mass is 10.0. The van der Waals surface area contributed by atoms with E-state index < -0.39 is 10.0 Å². The summed E-state index contributed by atoms with van der Waals surface area (Å²) in [5.74, 6) is -0.0489. The molecule has 1 heterocycles.